The molecule has 0 aliphatic rings. The van der Waals surface area contributed by atoms with Gasteiger partial charge in [-0.3, -0.25) is 0 Å². The van der Waals surface area contributed by atoms with E-state index in [0.29, 0.717) is 19.1 Å². The third kappa shape index (κ3) is 7.02. The number of benzene rings is 1. The molecule has 0 spiro atoms. The van der Waals surface area contributed by atoms with E-state index in [0.717, 1.165) is 19.4 Å². The number of nitrogens with zero attached hydrogens (tertiary/aromatic N) is 1. The fourth-order valence-electron chi connectivity index (χ4n) is 3.01. The first-order chi connectivity index (χ1) is 10.7. The van der Waals surface area contributed by atoms with Crippen LogP contribution in [0.15, 0.2) is 30.3 Å². The first kappa shape index (κ1) is 20.1. The number of hydrogen-bond acceptors (Lipinski definition) is 3. The highest BCUT2D eigenvalue weighted by molar-refractivity contribution is 7.88. The SMILES string of the molecule is CCN(CCCNC(C)CC(C)(C)c1ccccc1)S(C)(=O)=O. The van der Waals surface area contributed by atoms with Gasteiger partial charge in [-0.25, -0.2) is 12.7 Å². The summed E-state index contributed by atoms with van der Waals surface area (Å²) in [6.45, 7) is 10.6. The molecule has 5 heteroatoms. The molecule has 0 aliphatic heterocycles. The maximum atomic E-state index is 11.5. The highest BCUT2D eigenvalue weighted by Crippen LogP contribution is 2.28. The number of nitrogens with one attached hydrogen (secondary N) is 1. The normalized spacial score (nSPS) is 14.2. The van der Waals surface area contributed by atoms with E-state index in [4.69, 9.17) is 0 Å². The molecule has 0 heterocycles. The molecule has 1 atom stereocenters. The van der Waals surface area contributed by atoms with E-state index in [1.54, 1.807) is 0 Å². The minimum absolute atomic E-state index is 0.121. The molecule has 1 aromatic rings. The smallest absolute Gasteiger partial charge is 0.211 e. The molecule has 0 bridgehead atoms. The Labute approximate surface area is 142 Å². The van der Waals surface area contributed by atoms with Crippen LogP contribution in [0.5, 0.6) is 0 Å². The maximum Gasteiger partial charge on any atom is 0.211 e. The van der Waals surface area contributed by atoms with Crippen molar-refractivity contribution in [2.75, 3.05) is 25.9 Å². The summed E-state index contributed by atoms with van der Waals surface area (Å²) in [5.41, 5.74) is 1.47. The van der Waals surface area contributed by atoms with E-state index in [1.807, 2.05) is 13.0 Å². The van der Waals surface area contributed by atoms with Gasteiger partial charge < -0.3 is 5.32 Å². The zero-order valence-corrected chi connectivity index (χ0v) is 16.0. The van der Waals surface area contributed by atoms with Crippen molar-refractivity contribution in [2.24, 2.45) is 0 Å². The van der Waals surface area contributed by atoms with Gasteiger partial charge in [0, 0.05) is 19.1 Å². The van der Waals surface area contributed by atoms with Crippen LogP contribution in [-0.4, -0.2) is 44.7 Å². The Bertz CT molecular complexity index is 556. The first-order valence-corrected chi connectivity index (χ1v) is 10.3. The van der Waals surface area contributed by atoms with Gasteiger partial charge in [0.15, 0.2) is 0 Å². The van der Waals surface area contributed by atoms with Gasteiger partial charge in [-0.1, -0.05) is 51.1 Å². The van der Waals surface area contributed by atoms with Crippen molar-refractivity contribution in [1.29, 1.82) is 0 Å². The minimum Gasteiger partial charge on any atom is -0.314 e. The number of rotatable bonds is 10. The van der Waals surface area contributed by atoms with Crippen LogP contribution in [0.25, 0.3) is 0 Å². The van der Waals surface area contributed by atoms with Crippen LogP contribution in [0, 0.1) is 0 Å². The van der Waals surface area contributed by atoms with Crippen molar-refractivity contribution in [3.63, 3.8) is 0 Å². The second kappa shape index (κ2) is 8.81. The van der Waals surface area contributed by atoms with Gasteiger partial charge in [0.05, 0.1) is 6.26 Å². The average Bonchev–Trinajstić information content (AvgIpc) is 2.46. The molecule has 1 unspecified atom stereocenters. The van der Waals surface area contributed by atoms with Crippen molar-refractivity contribution in [1.82, 2.24) is 9.62 Å². The summed E-state index contributed by atoms with van der Waals surface area (Å²) in [7, 11) is -3.07. The van der Waals surface area contributed by atoms with E-state index in [1.165, 1.54) is 16.1 Å². The molecule has 1 N–H and O–H groups in total. The predicted molar refractivity (Wildman–Crippen MR) is 98.3 cm³/mol. The second-order valence-electron chi connectivity index (χ2n) is 6.92. The molecule has 4 nitrogen and oxygen atoms in total. The monoisotopic (exact) mass is 340 g/mol. The third-order valence-corrected chi connectivity index (χ3v) is 5.65. The van der Waals surface area contributed by atoms with Crippen LogP contribution < -0.4 is 5.32 Å². The Morgan fingerprint density at radius 3 is 2.35 bits per heavy atom. The van der Waals surface area contributed by atoms with Gasteiger partial charge >= 0.3 is 0 Å². The number of hydrogen-bond donors (Lipinski definition) is 1. The van der Waals surface area contributed by atoms with E-state index >= 15 is 0 Å². The largest absolute Gasteiger partial charge is 0.314 e. The van der Waals surface area contributed by atoms with Crippen LogP contribution in [0.2, 0.25) is 0 Å². The zero-order valence-electron chi connectivity index (χ0n) is 15.2. The fourth-order valence-corrected chi connectivity index (χ4v) is 3.94. The summed E-state index contributed by atoms with van der Waals surface area (Å²) in [5.74, 6) is 0. The summed E-state index contributed by atoms with van der Waals surface area (Å²) in [5, 5.41) is 3.52. The molecule has 0 fully saturated rings. The van der Waals surface area contributed by atoms with E-state index in [2.05, 4.69) is 50.4 Å². The molecule has 23 heavy (non-hydrogen) atoms. The molecule has 0 saturated carbocycles. The van der Waals surface area contributed by atoms with Gasteiger partial charge in [0.2, 0.25) is 10.0 Å². The Hall–Kier alpha value is -0.910. The predicted octanol–water partition coefficient (Wildman–Crippen LogP) is 3.00. The molecular formula is C18H32N2O2S. The zero-order chi connectivity index (χ0) is 17.5. The van der Waals surface area contributed by atoms with Crippen molar-refractivity contribution >= 4 is 10.0 Å². The highest BCUT2D eigenvalue weighted by Gasteiger charge is 2.23. The highest BCUT2D eigenvalue weighted by atomic mass is 32.2. The third-order valence-electron chi connectivity index (χ3n) is 4.27. The lowest BCUT2D eigenvalue weighted by Crippen LogP contribution is -2.36. The molecule has 1 aromatic carbocycles. The van der Waals surface area contributed by atoms with Crippen LogP contribution in [-0.2, 0) is 15.4 Å². The van der Waals surface area contributed by atoms with Gasteiger partial charge in [-0.2, -0.15) is 0 Å². The molecular weight excluding hydrogens is 308 g/mol. The number of sulfonamides is 1. The standard InChI is InChI=1S/C18H32N2O2S/c1-6-20(23(5,21)22)14-10-13-19-16(2)15-18(3,4)17-11-8-7-9-12-17/h7-9,11-12,16,19H,6,10,13-15H2,1-5H3. The summed E-state index contributed by atoms with van der Waals surface area (Å²) < 4.78 is 24.6. The first-order valence-electron chi connectivity index (χ1n) is 8.41. The average molecular weight is 341 g/mol. The minimum atomic E-state index is -3.07. The summed E-state index contributed by atoms with van der Waals surface area (Å²) in [6.07, 6.45) is 3.15. The molecule has 0 aliphatic carbocycles. The molecule has 0 radical (unpaired) electrons. The quantitative estimate of drug-likeness (QED) is 0.666. The Morgan fingerprint density at radius 2 is 1.83 bits per heavy atom. The lowest BCUT2D eigenvalue weighted by Gasteiger charge is -2.29. The lowest BCUT2D eigenvalue weighted by molar-refractivity contribution is 0.373. The Balaban J connectivity index is 2.39. The van der Waals surface area contributed by atoms with Crippen LogP contribution in [0.1, 0.15) is 46.1 Å². The topological polar surface area (TPSA) is 49.4 Å². The second-order valence-corrected chi connectivity index (χ2v) is 8.90. The van der Waals surface area contributed by atoms with Crippen molar-refractivity contribution in [3.8, 4) is 0 Å². The lowest BCUT2D eigenvalue weighted by atomic mass is 9.79. The maximum absolute atomic E-state index is 11.5. The fraction of sp³-hybridized carbons (Fsp3) is 0.667. The molecule has 0 saturated heterocycles. The van der Waals surface area contributed by atoms with E-state index in [9.17, 15) is 8.42 Å². The molecule has 132 valence electrons. The van der Waals surface area contributed by atoms with Gasteiger partial charge in [0.1, 0.15) is 0 Å². The van der Waals surface area contributed by atoms with Crippen molar-refractivity contribution in [2.45, 2.75) is 52.0 Å². The van der Waals surface area contributed by atoms with Gasteiger partial charge in [-0.05, 0) is 37.3 Å². The van der Waals surface area contributed by atoms with Crippen LogP contribution >= 0.6 is 0 Å². The summed E-state index contributed by atoms with van der Waals surface area (Å²) in [6, 6.07) is 11.0. The Morgan fingerprint density at radius 1 is 1.22 bits per heavy atom. The van der Waals surface area contributed by atoms with Crippen LogP contribution in [0.3, 0.4) is 0 Å². The molecule has 0 amide bonds. The summed E-state index contributed by atoms with van der Waals surface area (Å²) >= 11 is 0. The van der Waals surface area contributed by atoms with Crippen molar-refractivity contribution < 1.29 is 8.42 Å². The van der Waals surface area contributed by atoms with Gasteiger partial charge in [-0.15, -0.1) is 0 Å². The summed E-state index contributed by atoms with van der Waals surface area (Å²) in [4.78, 5) is 0. The molecule has 0 aromatic heterocycles. The van der Waals surface area contributed by atoms with Gasteiger partial charge in [0.25, 0.3) is 0 Å². The van der Waals surface area contributed by atoms with E-state index < -0.39 is 10.0 Å². The van der Waals surface area contributed by atoms with E-state index in [-0.39, 0.29) is 5.41 Å². The Kier molecular flexibility index (Phi) is 7.71. The van der Waals surface area contributed by atoms with Crippen molar-refractivity contribution in [3.05, 3.63) is 35.9 Å². The molecule has 1 rings (SSSR count). The van der Waals surface area contributed by atoms with Crippen LogP contribution in [0.4, 0.5) is 0 Å².